The molecule has 0 unspecified atom stereocenters. The number of aromatic hydroxyl groups is 1. The third-order valence-corrected chi connectivity index (χ3v) is 8.63. The van der Waals surface area contributed by atoms with Gasteiger partial charge in [-0.3, -0.25) is 0 Å². The van der Waals surface area contributed by atoms with E-state index < -0.39 is 5.60 Å². The van der Waals surface area contributed by atoms with E-state index in [9.17, 15) is 10.2 Å². The molecule has 0 amide bonds. The van der Waals surface area contributed by atoms with Crippen LogP contribution in [-0.2, 0) is 6.42 Å². The minimum atomic E-state index is -0.529. The third kappa shape index (κ3) is 3.32. The van der Waals surface area contributed by atoms with Crippen molar-refractivity contribution in [3.05, 3.63) is 41.5 Å². The highest BCUT2D eigenvalue weighted by atomic mass is 16.3. The summed E-state index contributed by atoms with van der Waals surface area (Å²) >= 11 is 0. The first-order valence-corrected chi connectivity index (χ1v) is 11.7. The third-order valence-electron chi connectivity index (χ3n) is 8.63. The van der Waals surface area contributed by atoms with Crippen molar-refractivity contribution >= 4 is 0 Å². The molecular weight excluding hydrogens is 344 g/mol. The number of unbranched alkanes of at least 4 members (excludes halogenated alkanes) is 3. The van der Waals surface area contributed by atoms with Crippen molar-refractivity contribution in [3.8, 4) is 5.75 Å². The Morgan fingerprint density at radius 3 is 2.79 bits per heavy atom. The molecule has 2 N–H and O–H groups in total. The van der Waals surface area contributed by atoms with Crippen LogP contribution in [0.2, 0.25) is 0 Å². The van der Waals surface area contributed by atoms with E-state index in [-0.39, 0.29) is 5.41 Å². The standard InChI is InChI=1S/C26H38O2/c1-3-4-5-6-7-8-15-26(28)17-14-24-23-11-9-19-18-20(27)10-12-21(19)22(23)13-16-25(24,26)2/h7-8,10,12,18,22-24,27-28H,3-6,9,11,13-17H2,1-2H3/b8-7-/t22-,23-,24+,25+,26+/m1/s1. The average molecular weight is 383 g/mol. The maximum Gasteiger partial charge on any atom is 0.115 e. The number of phenolic OH excluding ortho intramolecular Hbond substituents is 1. The molecule has 3 aliphatic rings. The lowest BCUT2D eigenvalue weighted by Crippen LogP contribution is -2.50. The lowest BCUT2D eigenvalue weighted by Gasteiger charge is -2.53. The second-order valence-electron chi connectivity index (χ2n) is 10.00. The predicted octanol–water partition coefficient (Wildman–Crippen LogP) is 6.51. The second-order valence-corrected chi connectivity index (χ2v) is 10.00. The van der Waals surface area contributed by atoms with Gasteiger partial charge < -0.3 is 10.2 Å². The smallest absolute Gasteiger partial charge is 0.115 e. The van der Waals surface area contributed by atoms with Crippen LogP contribution in [0, 0.1) is 17.3 Å². The molecule has 4 rings (SSSR count). The summed E-state index contributed by atoms with van der Waals surface area (Å²) < 4.78 is 0. The Bertz CT molecular complexity index is 723. The number of phenols is 1. The summed E-state index contributed by atoms with van der Waals surface area (Å²) in [6.07, 6.45) is 17.1. The highest BCUT2D eigenvalue weighted by molar-refractivity contribution is 5.40. The molecule has 0 aliphatic heterocycles. The monoisotopic (exact) mass is 382 g/mol. The van der Waals surface area contributed by atoms with E-state index >= 15 is 0 Å². The maximum atomic E-state index is 11.7. The molecule has 0 heterocycles. The molecule has 3 aliphatic carbocycles. The van der Waals surface area contributed by atoms with Crippen molar-refractivity contribution in [2.45, 2.75) is 96.0 Å². The molecule has 2 saturated carbocycles. The van der Waals surface area contributed by atoms with E-state index in [1.54, 1.807) is 0 Å². The Morgan fingerprint density at radius 2 is 1.96 bits per heavy atom. The van der Waals surface area contributed by atoms with Crippen molar-refractivity contribution in [3.63, 3.8) is 0 Å². The first-order valence-electron chi connectivity index (χ1n) is 11.7. The number of hydrogen-bond acceptors (Lipinski definition) is 2. The van der Waals surface area contributed by atoms with E-state index in [4.69, 9.17) is 0 Å². The van der Waals surface area contributed by atoms with Crippen LogP contribution in [0.25, 0.3) is 0 Å². The lowest BCUT2D eigenvalue weighted by atomic mass is 9.53. The fourth-order valence-corrected chi connectivity index (χ4v) is 6.92. The van der Waals surface area contributed by atoms with Crippen molar-refractivity contribution in [2.75, 3.05) is 0 Å². The summed E-state index contributed by atoms with van der Waals surface area (Å²) in [5.41, 5.74) is 2.35. The van der Waals surface area contributed by atoms with Crippen LogP contribution in [0.15, 0.2) is 30.4 Å². The molecule has 5 atom stereocenters. The topological polar surface area (TPSA) is 40.5 Å². The number of fused-ring (bicyclic) bond motifs is 5. The fraction of sp³-hybridized carbons (Fsp3) is 0.692. The summed E-state index contributed by atoms with van der Waals surface area (Å²) in [6.45, 7) is 4.63. The molecule has 0 saturated heterocycles. The number of hydrogen-bond donors (Lipinski definition) is 2. The van der Waals surface area contributed by atoms with Crippen molar-refractivity contribution in [2.24, 2.45) is 17.3 Å². The Labute approximate surface area is 171 Å². The Kier molecular flexibility index (Phi) is 5.62. The molecule has 28 heavy (non-hydrogen) atoms. The zero-order valence-electron chi connectivity index (χ0n) is 17.8. The van der Waals surface area contributed by atoms with Crippen LogP contribution in [0.5, 0.6) is 5.75 Å². The summed E-state index contributed by atoms with van der Waals surface area (Å²) in [4.78, 5) is 0. The summed E-state index contributed by atoms with van der Waals surface area (Å²) in [7, 11) is 0. The van der Waals surface area contributed by atoms with E-state index in [1.165, 1.54) is 49.7 Å². The van der Waals surface area contributed by atoms with Crippen molar-refractivity contribution < 1.29 is 10.2 Å². The number of aliphatic hydroxyl groups is 1. The molecule has 2 fully saturated rings. The van der Waals surface area contributed by atoms with Crippen molar-refractivity contribution in [1.82, 2.24) is 0 Å². The van der Waals surface area contributed by atoms with Gasteiger partial charge in [0.1, 0.15) is 5.75 Å². The van der Waals surface area contributed by atoms with Gasteiger partial charge in [-0.25, -0.2) is 0 Å². The maximum absolute atomic E-state index is 11.7. The predicted molar refractivity (Wildman–Crippen MR) is 116 cm³/mol. The molecule has 154 valence electrons. The second kappa shape index (κ2) is 7.86. The first-order chi connectivity index (χ1) is 13.5. The van der Waals surface area contributed by atoms with Gasteiger partial charge >= 0.3 is 0 Å². The average Bonchev–Trinajstić information content (AvgIpc) is 2.95. The van der Waals surface area contributed by atoms with Crippen LogP contribution in [0.1, 0.15) is 95.1 Å². The van der Waals surface area contributed by atoms with E-state index in [2.05, 4.69) is 32.1 Å². The highest BCUT2D eigenvalue weighted by Gasteiger charge is 2.60. The summed E-state index contributed by atoms with van der Waals surface area (Å²) in [5.74, 6) is 2.35. The fourth-order valence-electron chi connectivity index (χ4n) is 6.92. The molecule has 2 nitrogen and oxygen atoms in total. The van der Waals surface area contributed by atoms with Gasteiger partial charge in [-0.05, 0) is 104 Å². The summed E-state index contributed by atoms with van der Waals surface area (Å²) in [6, 6.07) is 6.02. The molecule has 2 heteroatoms. The normalized spacial score (nSPS) is 36.9. The zero-order chi connectivity index (χ0) is 19.8. The van der Waals surface area contributed by atoms with E-state index in [0.717, 1.165) is 32.1 Å². The van der Waals surface area contributed by atoms with Crippen LogP contribution < -0.4 is 0 Å². The molecule has 1 aromatic carbocycles. The number of aryl methyl sites for hydroxylation is 1. The molecule has 1 aromatic rings. The Hall–Kier alpha value is -1.28. The molecular formula is C26H38O2. The molecule has 0 spiro atoms. The van der Waals surface area contributed by atoms with Crippen LogP contribution in [-0.4, -0.2) is 15.8 Å². The Morgan fingerprint density at radius 1 is 1.11 bits per heavy atom. The number of benzene rings is 1. The number of allylic oxidation sites excluding steroid dienone is 1. The van der Waals surface area contributed by atoms with Gasteiger partial charge in [0, 0.05) is 0 Å². The van der Waals surface area contributed by atoms with Crippen LogP contribution in [0.3, 0.4) is 0 Å². The minimum absolute atomic E-state index is 0.0519. The van der Waals surface area contributed by atoms with Crippen LogP contribution >= 0.6 is 0 Å². The molecule has 0 radical (unpaired) electrons. The SMILES string of the molecule is CCCCC/C=C\C[C@]1(O)CC[C@H]2[C@@H]3CCc4cc(O)ccc4[C@H]3CC[C@@]21C. The highest BCUT2D eigenvalue weighted by Crippen LogP contribution is 2.65. The van der Waals surface area contributed by atoms with E-state index in [0.29, 0.717) is 23.5 Å². The van der Waals surface area contributed by atoms with Gasteiger partial charge in [0.25, 0.3) is 0 Å². The van der Waals surface area contributed by atoms with Gasteiger partial charge in [-0.15, -0.1) is 0 Å². The first kappa shape index (κ1) is 20.0. The summed E-state index contributed by atoms with van der Waals surface area (Å²) in [5, 5.41) is 21.5. The molecule has 0 aromatic heterocycles. The molecule has 0 bridgehead atoms. The van der Waals surface area contributed by atoms with Gasteiger partial charge in [0.2, 0.25) is 0 Å². The lowest BCUT2D eigenvalue weighted by molar-refractivity contribution is -0.100. The van der Waals surface area contributed by atoms with Gasteiger partial charge in [0.05, 0.1) is 5.60 Å². The zero-order valence-corrected chi connectivity index (χ0v) is 17.8. The minimum Gasteiger partial charge on any atom is -0.508 e. The Balaban J connectivity index is 1.48. The van der Waals surface area contributed by atoms with Gasteiger partial charge in [-0.2, -0.15) is 0 Å². The quantitative estimate of drug-likeness (QED) is 0.435. The van der Waals surface area contributed by atoms with Crippen molar-refractivity contribution in [1.29, 1.82) is 0 Å². The van der Waals surface area contributed by atoms with Crippen LogP contribution in [0.4, 0.5) is 0 Å². The number of rotatable bonds is 6. The van der Waals surface area contributed by atoms with Gasteiger partial charge in [0.15, 0.2) is 0 Å². The van der Waals surface area contributed by atoms with Gasteiger partial charge in [-0.1, -0.05) is 44.9 Å². The largest absolute Gasteiger partial charge is 0.508 e. The van der Waals surface area contributed by atoms with E-state index in [1.807, 2.05) is 12.1 Å².